The number of nitrogens with one attached hydrogen (secondary N) is 1. The van der Waals surface area contributed by atoms with Gasteiger partial charge in [-0.1, -0.05) is 0 Å². The zero-order valence-corrected chi connectivity index (χ0v) is 16.3. The van der Waals surface area contributed by atoms with Gasteiger partial charge in [0.05, 0.1) is 23.9 Å². The van der Waals surface area contributed by atoms with Crippen molar-refractivity contribution in [3.8, 4) is 0 Å². The number of imidazole rings is 1. The van der Waals surface area contributed by atoms with E-state index in [9.17, 15) is 13.6 Å². The Labute approximate surface area is 169 Å². The lowest BCUT2D eigenvalue weighted by Crippen LogP contribution is -2.40. The molecule has 0 fully saturated rings. The van der Waals surface area contributed by atoms with Crippen LogP contribution in [0.25, 0.3) is 5.52 Å². The molecule has 0 bridgehead atoms. The number of nitrogens with zero attached hydrogens (tertiary/aromatic N) is 5. The summed E-state index contributed by atoms with van der Waals surface area (Å²) in [4.78, 5) is 26.2. The van der Waals surface area contributed by atoms with E-state index in [4.69, 9.17) is 4.42 Å². The zero-order chi connectivity index (χ0) is 21.0. The number of carbonyl (C=O) groups excluding carboxylic acids is 1. The van der Waals surface area contributed by atoms with Crippen molar-refractivity contribution < 1.29 is 18.0 Å². The van der Waals surface area contributed by atoms with Crippen LogP contribution in [0.1, 0.15) is 53.4 Å². The molecule has 0 aromatic carbocycles. The van der Waals surface area contributed by atoms with Crippen molar-refractivity contribution in [3.05, 3.63) is 71.5 Å². The maximum atomic E-state index is 14.2. The molecule has 4 aromatic rings. The number of hydrogen-bond donors (Lipinski definition) is 1. The van der Waals surface area contributed by atoms with Crippen molar-refractivity contribution in [3.63, 3.8) is 0 Å². The SMILES string of the molecule is CC(C)(F)c1ncc(C(=O)N2CCc3[nH]cnc3[C@@H]2c2cc3c(F)cccn3n2)o1. The van der Waals surface area contributed by atoms with Crippen LogP contribution in [-0.4, -0.2) is 41.9 Å². The molecule has 1 aliphatic rings. The van der Waals surface area contributed by atoms with E-state index in [0.29, 0.717) is 29.9 Å². The van der Waals surface area contributed by atoms with Crippen LogP contribution in [0.15, 0.2) is 41.3 Å². The summed E-state index contributed by atoms with van der Waals surface area (Å²) in [6.07, 6.45) is 4.96. The van der Waals surface area contributed by atoms with Gasteiger partial charge in [-0.25, -0.2) is 23.3 Å². The van der Waals surface area contributed by atoms with E-state index >= 15 is 0 Å². The molecular formula is C20H18F2N6O2. The second kappa shape index (κ2) is 6.48. The summed E-state index contributed by atoms with van der Waals surface area (Å²) >= 11 is 0. The third kappa shape index (κ3) is 2.87. The molecule has 1 N–H and O–H groups in total. The van der Waals surface area contributed by atoms with E-state index in [1.807, 2.05) is 0 Å². The average molecular weight is 412 g/mol. The van der Waals surface area contributed by atoms with Crippen LogP contribution in [0, 0.1) is 5.82 Å². The molecule has 0 radical (unpaired) electrons. The van der Waals surface area contributed by atoms with E-state index in [-0.39, 0.29) is 11.7 Å². The molecule has 154 valence electrons. The van der Waals surface area contributed by atoms with Crippen LogP contribution < -0.4 is 0 Å². The van der Waals surface area contributed by atoms with Crippen LogP contribution in [0.4, 0.5) is 8.78 Å². The van der Waals surface area contributed by atoms with Crippen LogP contribution in [0.2, 0.25) is 0 Å². The molecule has 8 nitrogen and oxygen atoms in total. The number of halogens is 2. The Morgan fingerprint density at radius 3 is 2.93 bits per heavy atom. The van der Waals surface area contributed by atoms with Gasteiger partial charge in [-0.2, -0.15) is 5.10 Å². The van der Waals surface area contributed by atoms with Crippen LogP contribution in [0.3, 0.4) is 0 Å². The van der Waals surface area contributed by atoms with Gasteiger partial charge in [-0.3, -0.25) is 4.79 Å². The third-order valence-corrected chi connectivity index (χ3v) is 5.16. The minimum absolute atomic E-state index is 0.0744. The van der Waals surface area contributed by atoms with Crippen LogP contribution in [-0.2, 0) is 12.1 Å². The smallest absolute Gasteiger partial charge is 0.292 e. The molecule has 30 heavy (non-hydrogen) atoms. The van der Waals surface area contributed by atoms with E-state index in [0.717, 1.165) is 5.69 Å². The first-order valence-corrected chi connectivity index (χ1v) is 9.45. The summed E-state index contributed by atoms with van der Waals surface area (Å²) in [6.45, 7) is 2.96. The molecular weight excluding hydrogens is 394 g/mol. The molecule has 5 rings (SSSR count). The summed E-state index contributed by atoms with van der Waals surface area (Å²) in [5.41, 5.74) is 0.457. The number of aromatic nitrogens is 5. The number of H-pyrrole nitrogens is 1. The highest BCUT2D eigenvalue weighted by Crippen LogP contribution is 2.35. The fourth-order valence-corrected chi connectivity index (χ4v) is 3.72. The van der Waals surface area contributed by atoms with Gasteiger partial charge in [-0.15, -0.1) is 0 Å². The number of pyridine rings is 1. The molecule has 0 unspecified atom stereocenters. The van der Waals surface area contributed by atoms with Crippen molar-refractivity contribution in [2.45, 2.75) is 32.0 Å². The first-order chi connectivity index (χ1) is 14.3. The normalized spacial score (nSPS) is 16.8. The molecule has 0 saturated heterocycles. The van der Waals surface area contributed by atoms with Crippen LogP contribution in [0.5, 0.6) is 0 Å². The molecule has 1 aliphatic heterocycles. The first kappa shape index (κ1) is 18.5. The van der Waals surface area contributed by atoms with E-state index < -0.39 is 23.4 Å². The van der Waals surface area contributed by atoms with Gasteiger partial charge in [0.25, 0.3) is 5.91 Å². The Balaban J connectivity index is 1.59. The fourth-order valence-electron chi connectivity index (χ4n) is 3.72. The first-order valence-electron chi connectivity index (χ1n) is 9.45. The second-order valence-electron chi connectivity index (χ2n) is 7.67. The topological polar surface area (TPSA) is 92.3 Å². The molecule has 1 amide bonds. The molecule has 10 heteroatoms. The highest BCUT2D eigenvalue weighted by Gasteiger charge is 2.38. The molecule has 1 atom stereocenters. The Bertz CT molecular complexity index is 1250. The maximum Gasteiger partial charge on any atom is 0.292 e. The predicted octanol–water partition coefficient (Wildman–Crippen LogP) is 3.18. The number of amides is 1. The quantitative estimate of drug-likeness (QED) is 0.558. The summed E-state index contributed by atoms with van der Waals surface area (Å²) in [5.74, 6) is -1.13. The molecule has 0 saturated carbocycles. The number of hydrogen-bond acceptors (Lipinski definition) is 5. The molecule has 4 aromatic heterocycles. The Hall–Kier alpha value is -3.56. The highest BCUT2D eigenvalue weighted by atomic mass is 19.1. The maximum absolute atomic E-state index is 14.2. The molecule has 0 spiro atoms. The molecule has 5 heterocycles. The minimum atomic E-state index is -1.81. The van der Waals surface area contributed by atoms with Crippen LogP contribution >= 0.6 is 0 Å². The number of carbonyl (C=O) groups is 1. The van der Waals surface area contributed by atoms with Gasteiger partial charge in [0.1, 0.15) is 17.4 Å². The van der Waals surface area contributed by atoms with E-state index in [1.54, 1.807) is 29.6 Å². The lowest BCUT2D eigenvalue weighted by atomic mass is 9.99. The number of aromatic amines is 1. The zero-order valence-electron chi connectivity index (χ0n) is 16.3. The van der Waals surface area contributed by atoms with Gasteiger partial charge in [-0.05, 0) is 32.0 Å². The Kier molecular flexibility index (Phi) is 3.99. The average Bonchev–Trinajstić information content (AvgIpc) is 3.44. The number of rotatable bonds is 3. The second-order valence-corrected chi connectivity index (χ2v) is 7.67. The number of oxazole rings is 1. The van der Waals surface area contributed by atoms with Gasteiger partial charge >= 0.3 is 0 Å². The van der Waals surface area contributed by atoms with Gasteiger partial charge in [0, 0.05) is 24.9 Å². The third-order valence-electron chi connectivity index (χ3n) is 5.16. The minimum Gasteiger partial charge on any atom is -0.432 e. The van der Waals surface area contributed by atoms with Crippen molar-refractivity contribution >= 4 is 11.4 Å². The number of fused-ring (bicyclic) bond motifs is 2. The van der Waals surface area contributed by atoms with Crippen molar-refractivity contribution in [1.29, 1.82) is 0 Å². The van der Waals surface area contributed by atoms with Crippen molar-refractivity contribution in [2.75, 3.05) is 6.54 Å². The number of alkyl halides is 1. The summed E-state index contributed by atoms with van der Waals surface area (Å²) in [6, 6.07) is 3.84. The summed E-state index contributed by atoms with van der Waals surface area (Å²) < 4.78 is 35.2. The predicted molar refractivity (Wildman–Crippen MR) is 101 cm³/mol. The summed E-state index contributed by atoms with van der Waals surface area (Å²) in [7, 11) is 0. The summed E-state index contributed by atoms with van der Waals surface area (Å²) in [5, 5.41) is 4.47. The largest absolute Gasteiger partial charge is 0.432 e. The molecule has 0 aliphatic carbocycles. The highest BCUT2D eigenvalue weighted by molar-refractivity contribution is 5.92. The Morgan fingerprint density at radius 1 is 1.37 bits per heavy atom. The lowest BCUT2D eigenvalue weighted by Gasteiger charge is -2.33. The van der Waals surface area contributed by atoms with Crippen molar-refractivity contribution in [1.82, 2.24) is 29.5 Å². The standard InChI is InChI=1S/C20H18F2N6O2/c1-20(2,22)19-23-9-15(30-19)18(29)27-7-5-12-16(25-10-24-12)17(27)13-8-14-11(21)4-3-6-28(14)26-13/h3-4,6,8-10,17H,5,7H2,1-2H3,(H,24,25)/t17-/m0/s1. The monoisotopic (exact) mass is 412 g/mol. The fraction of sp³-hybridized carbons (Fsp3) is 0.300. The Morgan fingerprint density at radius 2 is 2.20 bits per heavy atom. The van der Waals surface area contributed by atoms with Crippen molar-refractivity contribution in [2.24, 2.45) is 0 Å². The van der Waals surface area contributed by atoms with Gasteiger partial charge in [0.2, 0.25) is 11.7 Å². The van der Waals surface area contributed by atoms with Gasteiger partial charge in [0.15, 0.2) is 5.67 Å². The van der Waals surface area contributed by atoms with Gasteiger partial charge < -0.3 is 14.3 Å². The lowest BCUT2D eigenvalue weighted by molar-refractivity contribution is 0.0643. The van der Waals surface area contributed by atoms with E-state index in [2.05, 4.69) is 20.1 Å². The van der Waals surface area contributed by atoms with E-state index in [1.165, 1.54) is 30.6 Å².